The highest BCUT2D eigenvalue weighted by molar-refractivity contribution is 9.10. The number of hydrogen-bond acceptors (Lipinski definition) is 1. The summed E-state index contributed by atoms with van der Waals surface area (Å²) >= 11 is 3.54. The Kier molecular flexibility index (Phi) is 3.24. The van der Waals surface area contributed by atoms with Crippen LogP contribution in [-0.4, -0.2) is 13.1 Å². The Hall–Kier alpha value is -0.340. The van der Waals surface area contributed by atoms with Crippen molar-refractivity contribution in [2.75, 3.05) is 13.1 Å². The largest absolute Gasteiger partial charge is 0.316 e. The number of benzene rings is 1. The van der Waals surface area contributed by atoms with E-state index in [1.807, 2.05) is 0 Å². The van der Waals surface area contributed by atoms with Crippen LogP contribution in [0.1, 0.15) is 29.9 Å². The van der Waals surface area contributed by atoms with E-state index in [0.29, 0.717) is 5.92 Å². The van der Waals surface area contributed by atoms with Gasteiger partial charge in [0.25, 0.3) is 0 Å². The Morgan fingerprint density at radius 3 is 3.00 bits per heavy atom. The molecule has 0 aliphatic carbocycles. The third kappa shape index (κ3) is 2.18. The van der Waals surface area contributed by atoms with Crippen LogP contribution in [0.2, 0.25) is 0 Å². The minimum Gasteiger partial charge on any atom is -0.316 e. The second-order valence-electron chi connectivity index (χ2n) is 4.04. The summed E-state index contributed by atoms with van der Waals surface area (Å²) in [4.78, 5) is 0. The zero-order valence-corrected chi connectivity index (χ0v) is 10.1. The van der Waals surface area contributed by atoms with Crippen molar-refractivity contribution in [2.45, 2.75) is 25.7 Å². The first-order valence-electron chi connectivity index (χ1n) is 5.24. The fourth-order valence-electron chi connectivity index (χ4n) is 2.17. The van der Waals surface area contributed by atoms with E-state index in [1.54, 1.807) is 0 Å². The molecule has 0 radical (unpaired) electrons. The molecule has 0 amide bonds. The standard InChI is InChI=1S/C12H16BrN/c1-9-4-5-11(13)7-12(9)10-3-2-6-14-8-10/h4-5,7,10,14H,2-3,6,8H2,1H3/t10-/m0/s1. The molecule has 0 aromatic heterocycles. The Morgan fingerprint density at radius 1 is 1.43 bits per heavy atom. The fraction of sp³-hybridized carbons (Fsp3) is 0.500. The number of piperidine rings is 1. The number of halogens is 1. The van der Waals surface area contributed by atoms with Gasteiger partial charge >= 0.3 is 0 Å². The fourth-order valence-corrected chi connectivity index (χ4v) is 2.55. The van der Waals surface area contributed by atoms with Crippen LogP contribution < -0.4 is 5.32 Å². The molecule has 1 aliphatic heterocycles. The van der Waals surface area contributed by atoms with Crippen LogP contribution in [0.3, 0.4) is 0 Å². The van der Waals surface area contributed by atoms with Crippen molar-refractivity contribution >= 4 is 15.9 Å². The lowest BCUT2D eigenvalue weighted by Gasteiger charge is -2.24. The average molecular weight is 254 g/mol. The normalized spacial score (nSPS) is 22.3. The van der Waals surface area contributed by atoms with Crippen LogP contribution >= 0.6 is 15.9 Å². The van der Waals surface area contributed by atoms with E-state index >= 15 is 0 Å². The molecule has 0 bridgehead atoms. The van der Waals surface area contributed by atoms with Crippen LogP contribution in [0, 0.1) is 6.92 Å². The molecule has 1 aliphatic rings. The summed E-state index contributed by atoms with van der Waals surface area (Å²) in [6.07, 6.45) is 2.63. The van der Waals surface area contributed by atoms with Gasteiger partial charge in [0.1, 0.15) is 0 Å². The van der Waals surface area contributed by atoms with E-state index in [4.69, 9.17) is 0 Å². The highest BCUT2D eigenvalue weighted by atomic mass is 79.9. The Morgan fingerprint density at radius 2 is 2.29 bits per heavy atom. The summed E-state index contributed by atoms with van der Waals surface area (Å²) in [5, 5.41) is 3.46. The van der Waals surface area contributed by atoms with Gasteiger partial charge in [0.2, 0.25) is 0 Å². The smallest absolute Gasteiger partial charge is 0.0178 e. The molecule has 1 aromatic rings. The summed E-state index contributed by atoms with van der Waals surface area (Å²) in [6.45, 7) is 4.53. The lowest BCUT2D eigenvalue weighted by Crippen LogP contribution is -2.28. The van der Waals surface area contributed by atoms with Crippen LogP contribution in [0.15, 0.2) is 22.7 Å². The van der Waals surface area contributed by atoms with E-state index in [2.05, 4.69) is 46.4 Å². The van der Waals surface area contributed by atoms with Crippen molar-refractivity contribution in [3.8, 4) is 0 Å². The minimum atomic E-state index is 0.709. The lowest BCUT2D eigenvalue weighted by molar-refractivity contribution is 0.460. The molecule has 1 nitrogen and oxygen atoms in total. The number of rotatable bonds is 1. The van der Waals surface area contributed by atoms with Gasteiger partial charge in [0.15, 0.2) is 0 Å². The van der Waals surface area contributed by atoms with E-state index in [9.17, 15) is 0 Å². The van der Waals surface area contributed by atoms with E-state index in [-0.39, 0.29) is 0 Å². The van der Waals surface area contributed by atoms with E-state index in [0.717, 1.165) is 6.54 Å². The molecule has 1 aromatic carbocycles. The van der Waals surface area contributed by atoms with Gasteiger partial charge in [0, 0.05) is 11.0 Å². The summed E-state index contributed by atoms with van der Waals surface area (Å²) in [5.74, 6) is 0.709. The topological polar surface area (TPSA) is 12.0 Å². The van der Waals surface area contributed by atoms with Crippen molar-refractivity contribution < 1.29 is 0 Å². The van der Waals surface area contributed by atoms with Crippen LogP contribution in [-0.2, 0) is 0 Å². The molecule has 76 valence electrons. The van der Waals surface area contributed by atoms with Gasteiger partial charge in [-0.1, -0.05) is 22.0 Å². The molecular weight excluding hydrogens is 238 g/mol. The molecule has 2 heteroatoms. The van der Waals surface area contributed by atoms with Gasteiger partial charge in [-0.05, 0) is 55.5 Å². The first-order chi connectivity index (χ1) is 6.77. The quantitative estimate of drug-likeness (QED) is 0.811. The molecule has 14 heavy (non-hydrogen) atoms. The van der Waals surface area contributed by atoms with Crippen LogP contribution in [0.25, 0.3) is 0 Å². The maximum absolute atomic E-state index is 3.54. The maximum atomic E-state index is 3.54. The van der Waals surface area contributed by atoms with Crippen molar-refractivity contribution in [1.29, 1.82) is 0 Å². The second-order valence-corrected chi connectivity index (χ2v) is 4.96. The van der Waals surface area contributed by atoms with Crippen molar-refractivity contribution in [2.24, 2.45) is 0 Å². The predicted octanol–water partition coefficient (Wildman–Crippen LogP) is 3.22. The van der Waals surface area contributed by atoms with Gasteiger partial charge in [-0.2, -0.15) is 0 Å². The minimum absolute atomic E-state index is 0.709. The molecular formula is C12H16BrN. The molecule has 0 unspecified atom stereocenters. The third-order valence-corrected chi connectivity index (χ3v) is 3.47. The molecule has 1 atom stereocenters. The van der Waals surface area contributed by atoms with Crippen LogP contribution in [0.5, 0.6) is 0 Å². The summed E-state index contributed by atoms with van der Waals surface area (Å²) in [7, 11) is 0. The monoisotopic (exact) mass is 253 g/mol. The molecule has 1 saturated heterocycles. The van der Waals surface area contributed by atoms with Gasteiger partial charge in [-0.25, -0.2) is 0 Å². The number of aryl methyl sites for hydroxylation is 1. The van der Waals surface area contributed by atoms with E-state index < -0.39 is 0 Å². The number of nitrogens with one attached hydrogen (secondary N) is 1. The first-order valence-corrected chi connectivity index (χ1v) is 6.03. The first kappa shape index (κ1) is 10.2. The zero-order chi connectivity index (χ0) is 9.97. The summed E-state index contributed by atoms with van der Waals surface area (Å²) in [5.41, 5.74) is 2.92. The maximum Gasteiger partial charge on any atom is 0.0178 e. The summed E-state index contributed by atoms with van der Waals surface area (Å²) < 4.78 is 1.20. The van der Waals surface area contributed by atoms with Crippen molar-refractivity contribution in [3.63, 3.8) is 0 Å². The molecule has 1 N–H and O–H groups in total. The van der Waals surface area contributed by atoms with Gasteiger partial charge in [-0.15, -0.1) is 0 Å². The van der Waals surface area contributed by atoms with Crippen LogP contribution in [0.4, 0.5) is 0 Å². The second kappa shape index (κ2) is 4.45. The summed E-state index contributed by atoms with van der Waals surface area (Å²) in [6, 6.07) is 6.59. The molecule has 2 rings (SSSR count). The highest BCUT2D eigenvalue weighted by Crippen LogP contribution is 2.28. The third-order valence-electron chi connectivity index (χ3n) is 2.98. The molecule has 0 spiro atoms. The molecule has 1 heterocycles. The Bertz CT molecular complexity index is 316. The van der Waals surface area contributed by atoms with Gasteiger partial charge in [-0.3, -0.25) is 0 Å². The average Bonchev–Trinajstić information content (AvgIpc) is 2.23. The molecule has 1 fully saturated rings. The predicted molar refractivity (Wildman–Crippen MR) is 63.7 cm³/mol. The van der Waals surface area contributed by atoms with Gasteiger partial charge in [0.05, 0.1) is 0 Å². The zero-order valence-electron chi connectivity index (χ0n) is 8.52. The Labute approximate surface area is 94.0 Å². The molecule has 0 saturated carbocycles. The van der Waals surface area contributed by atoms with Crippen molar-refractivity contribution in [1.82, 2.24) is 5.32 Å². The Balaban J connectivity index is 2.24. The lowest BCUT2D eigenvalue weighted by atomic mass is 9.89. The van der Waals surface area contributed by atoms with E-state index in [1.165, 1.54) is 35.0 Å². The highest BCUT2D eigenvalue weighted by Gasteiger charge is 2.16. The van der Waals surface area contributed by atoms with Gasteiger partial charge < -0.3 is 5.32 Å². The van der Waals surface area contributed by atoms with Crippen molar-refractivity contribution in [3.05, 3.63) is 33.8 Å². The SMILES string of the molecule is Cc1ccc(Br)cc1[C@H]1CCCNC1. The number of hydrogen-bond donors (Lipinski definition) is 1.